The van der Waals surface area contributed by atoms with E-state index < -0.39 is 0 Å². The second kappa shape index (κ2) is 11.0. The first-order valence-electron chi connectivity index (χ1n) is 10.5. The first kappa shape index (κ1) is 22.9. The van der Waals surface area contributed by atoms with Crippen LogP contribution in [-0.4, -0.2) is 25.4 Å². The van der Waals surface area contributed by atoms with Crippen LogP contribution in [0.2, 0.25) is 0 Å². The van der Waals surface area contributed by atoms with Crippen molar-refractivity contribution < 1.29 is 23.7 Å². The summed E-state index contributed by atoms with van der Waals surface area (Å²) in [5, 5.41) is 10.2. The van der Waals surface area contributed by atoms with Gasteiger partial charge in [0, 0.05) is 17.0 Å². The van der Waals surface area contributed by atoms with Crippen LogP contribution in [-0.2, 0) is 0 Å². The smallest absolute Gasteiger partial charge is 0.204 e. The monoisotopic (exact) mass is 444 g/mol. The van der Waals surface area contributed by atoms with Crippen LogP contribution < -0.4 is 19.6 Å². The van der Waals surface area contributed by atoms with Crippen LogP contribution >= 0.6 is 11.8 Å². The summed E-state index contributed by atoms with van der Waals surface area (Å²) in [6.07, 6.45) is 3.72. The number of methoxy groups -OCH3 is 1. The summed E-state index contributed by atoms with van der Waals surface area (Å²) in [6, 6.07) is 9.84. The molecule has 0 aliphatic rings. The van der Waals surface area contributed by atoms with Gasteiger partial charge < -0.3 is 23.7 Å². The molecule has 7 heteroatoms. The minimum absolute atomic E-state index is 0.180. The van der Waals surface area contributed by atoms with E-state index in [2.05, 4.69) is 13.8 Å². The van der Waals surface area contributed by atoms with Crippen molar-refractivity contribution in [2.45, 2.75) is 49.5 Å². The topological polar surface area (TPSA) is 78.1 Å². The summed E-state index contributed by atoms with van der Waals surface area (Å²) < 4.78 is 23.5. The number of hydrogen-bond acceptors (Lipinski definition) is 7. The van der Waals surface area contributed by atoms with E-state index in [-0.39, 0.29) is 11.2 Å². The van der Waals surface area contributed by atoms with Gasteiger partial charge in [0.25, 0.3) is 0 Å². The minimum Gasteiger partial charge on any atom is -0.508 e. The molecule has 2 aromatic carbocycles. The normalized spacial score (nSPS) is 10.9. The van der Waals surface area contributed by atoms with Crippen LogP contribution in [0.5, 0.6) is 23.0 Å². The Morgan fingerprint density at radius 1 is 0.968 bits per heavy atom. The van der Waals surface area contributed by atoms with Gasteiger partial charge in [0.2, 0.25) is 5.75 Å². The van der Waals surface area contributed by atoms with Crippen molar-refractivity contribution in [2.24, 2.45) is 0 Å². The molecule has 3 rings (SSSR count). The fourth-order valence-electron chi connectivity index (χ4n) is 2.99. The Bertz CT molecular complexity index is 1060. The van der Waals surface area contributed by atoms with E-state index >= 15 is 0 Å². The summed E-state index contributed by atoms with van der Waals surface area (Å²) in [6.45, 7) is 5.15. The molecule has 1 N–H and O–H groups in total. The highest BCUT2D eigenvalue weighted by atomic mass is 32.2. The summed E-state index contributed by atoms with van der Waals surface area (Å²) >= 11 is 1.30. The molecule has 0 saturated carbocycles. The first-order valence-corrected chi connectivity index (χ1v) is 11.3. The lowest BCUT2D eigenvalue weighted by Crippen LogP contribution is -2.08. The van der Waals surface area contributed by atoms with Gasteiger partial charge in [-0.05, 0) is 37.1 Å². The van der Waals surface area contributed by atoms with E-state index in [1.807, 2.05) is 0 Å². The number of unbranched alkanes of at least 4 members (excludes halogenated alkanes) is 2. The highest BCUT2D eigenvalue weighted by Gasteiger charge is 2.22. The number of benzene rings is 2. The number of ether oxygens (including phenoxy) is 3. The summed E-state index contributed by atoms with van der Waals surface area (Å²) in [4.78, 5) is 13.9. The fourth-order valence-corrected chi connectivity index (χ4v) is 3.79. The molecule has 0 aliphatic heterocycles. The molecule has 1 heterocycles. The molecule has 6 nitrogen and oxygen atoms in total. The molecule has 0 radical (unpaired) electrons. The van der Waals surface area contributed by atoms with Gasteiger partial charge in [-0.25, -0.2) is 0 Å². The highest BCUT2D eigenvalue weighted by molar-refractivity contribution is 7.99. The van der Waals surface area contributed by atoms with E-state index in [0.29, 0.717) is 46.5 Å². The Balaban J connectivity index is 2.07. The molecule has 0 aliphatic carbocycles. The van der Waals surface area contributed by atoms with Crippen LogP contribution in [0.4, 0.5) is 0 Å². The van der Waals surface area contributed by atoms with E-state index in [0.717, 1.165) is 30.6 Å². The summed E-state index contributed by atoms with van der Waals surface area (Å²) in [7, 11) is 1.54. The molecule has 0 bridgehead atoms. The zero-order valence-corrected chi connectivity index (χ0v) is 18.9. The van der Waals surface area contributed by atoms with Gasteiger partial charge in [-0.15, -0.1) is 0 Å². The lowest BCUT2D eigenvalue weighted by molar-refractivity contribution is 0.264. The molecule has 3 aromatic rings. The number of phenols is 1. The zero-order valence-electron chi connectivity index (χ0n) is 18.1. The van der Waals surface area contributed by atoms with Crippen LogP contribution in [0, 0.1) is 0 Å². The van der Waals surface area contributed by atoms with Gasteiger partial charge in [0.15, 0.2) is 22.0 Å². The van der Waals surface area contributed by atoms with Crippen LogP contribution in [0.25, 0.3) is 11.0 Å². The van der Waals surface area contributed by atoms with E-state index in [1.54, 1.807) is 30.3 Å². The standard InChI is InChI=1S/C24H28O6S/c1-4-6-12-28-20-15-19-22(24(23(20)27-3)29-13-7-5-2)18(26)14-21(30-19)31-17-10-8-16(25)9-11-17/h8-11,14-15,25H,4-7,12-13H2,1-3H3. The molecule has 0 fully saturated rings. The molecule has 1 aromatic heterocycles. The lowest BCUT2D eigenvalue weighted by Gasteiger charge is -2.17. The second-order valence-corrected chi connectivity index (χ2v) is 8.12. The minimum atomic E-state index is -0.215. The van der Waals surface area contributed by atoms with Gasteiger partial charge in [-0.2, -0.15) is 0 Å². The molecule has 0 spiro atoms. The quantitative estimate of drug-likeness (QED) is 0.363. The number of hydrogen-bond donors (Lipinski definition) is 1. The van der Waals surface area contributed by atoms with Gasteiger partial charge in [0.1, 0.15) is 16.7 Å². The van der Waals surface area contributed by atoms with Crippen molar-refractivity contribution in [1.82, 2.24) is 0 Å². The van der Waals surface area contributed by atoms with Crippen molar-refractivity contribution in [2.75, 3.05) is 20.3 Å². The Hall–Kier alpha value is -2.80. The van der Waals surface area contributed by atoms with E-state index in [1.165, 1.54) is 24.9 Å². The number of rotatable bonds is 11. The molecule has 0 unspecified atom stereocenters. The second-order valence-electron chi connectivity index (χ2n) is 7.04. The average Bonchev–Trinajstić information content (AvgIpc) is 2.75. The Kier molecular flexibility index (Phi) is 8.12. The Labute approximate surface area is 186 Å². The third kappa shape index (κ3) is 5.67. The predicted molar refractivity (Wildman–Crippen MR) is 122 cm³/mol. The van der Waals surface area contributed by atoms with Crippen molar-refractivity contribution in [3.63, 3.8) is 0 Å². The van der Waals surface area contributed by atoms with Gasteiger partial charge in [0.05, 0.1) is 20.3 Å². The largest absolute Gasteiger partial charge is 0.508 e. The van der Waals surface area contributed by atoms with Crippen molar-refractivity contribution >= 4 is 22.7 Å². The number of phenolic OH excluding ortho intramolecular Hbond substituents is 1. The summed E-state index contributed by atoms with van der Waals surface area (Å²) in [5.74, 6) is 1.44. The highest BCUT2D eigenvalue weighted by Crippen LogP contribution is 2.43. The first-order chi connectivity index (χ1) is 15.1. The van der Waals surface area contributed by atoms with Gasteiger partial charge in [-0.1, -0.05) is 38.5 Å². The SMILES string of the molecule is CCCCOc1cc2oc(Sc3ccc(O)cc3)cc(=O)c2c(OCCCC)c1OC. The molecule has 31 heavy (non-hydrogen) atoms. The maximum Gasteiger partial charge on any atom is 0.204 e. The van der Waals surface area contributed by atoms with Crippen LogP contribution in [0.1, 0.15) is 39.5 Å². The van der Waals surface area contributed by atoms with Crippen LogP contribution in [0.15, 0.2) is 55.6 Å². The molecule has 0 amide bonds. The van der Waals surface area contributed by atoms with Crippen LogP contribution in [0.3, 0.4) is 0 Å². The number of fused-ring (bicyclic) bond motifs is 1. The molecule has 166 valence electrons. The van der Waals surface area contributed by atoms with Crippen molar-refractivity contribution in [3.05, 3.63) is 46.6 Å². The van der Waals surface area contributed by atoms with Crippen molar-refractivity contribution in [3.8, 4) is 23.0 Å². The zero-order chi connectivity index (χ0) is 22.2. The van der Waals surface area contributed by atoms with E-state index in [4.69, 9.17) is 18.6 Å². The molecular formula is C24H28O6S. The van der Waals surface area contributed by atoms with Gasteiger partial charge >= 0.3 is 0 Å². The average molecular weight is 445 g/mol. The maximum absolute atomic E-state index is 13.0. The Morgan fingerprint density at radius 3 is 2.29 bits per heavy atom. The predicted octanol–water partition coefficient (Wildman–Crippen LogP) is 6.02. The fraction of sp³-hybridized carbons (Fsp3) is 0.375. The molecule has 0 saturated heterocycles. The third-order valence-corrected chi connectivity index (χ3v) is 5.54. The maximum atomic E-state index is 13.0. The Morgan fingerprint density at radius 2 is 1.65 bits per heavy atom. The molecular weight excluding hydrogens is 416 g/mol. The lowest BCUT2D eigenvalue weighted by atomic mass is 10.1. The van der Waals surface area contributed by atoms with Gasteiger partial charge in [-0.3, -0.25) is 4.79 Å². The summed E-state index contributed by atoms with van der Waals surface area (Å²) in [5.41, 5.74) is 0.167. The molecule has 0 atom stereocenters. The number of aromatic hydroxyl groups is 1. The van der Waals surface area contributed by atoms with E-state index in [9.17, 15) is 9.90 Å². The van der Waals surface area contributed by atoms with Crippen molar-refractivity contribution in [1.29, 1.82) is 0 Å². The third-order valence-electron chi connectivity index (χ3n) is 4.63.